The topological polar surface area (TPSA) is 54.9 Å². The van der Waals surface area contributed by atoms with Gasteiger partial charge in [0.05, 0.1) is 4.47 Å². The molecule has 0 unspecified atom stereocenters. The Morgan fingerprint density at radius 3 is 3.05 bits per heavy atom. The number of rotatable bonds is 2. The Morgan fingerprint density at radius 2 is 2.21 bits per heavy atom. The lowest BCUT2D eigenvalue weighted by Crippen LogP contribution is -2.40. The van der Waals surface area contributed by atoms with Gasteiger partial charge in [0.1, 0.15) is 13.2 Å². The van der Waals surface area contributed by atoms with Crippen molar-refractivity contribution in [1.29, 1.82) is 0 Å². The molecule has 1 aromatic rings. The van der Waals surface area contributed by atoms with E-state index in [0.29, 0.717) is 19.8 Å². The number of ether oxygens (including phenoxy) is 2. The quantitative estimate of drug-likeness (QED) is 0.868. The average molecular weight is 326 g/mol. The molecule has 6 heteroatoms. The molecule has 2 N–H and O–H groups in total. The second-order valence-corrected chi connectivity index (χ2v) is 5.32. The maximum atomic E-state index is 5.61. The van der Waals surface area contributed by atoms with Crippen LogP contribution in [0.1, 0.15) is 12.0 Å². The summed E-state index contributed by atoms with van der Waals surface area (Å²) >= 11 is 3.52. The highest BCUT2D eigenvalue weighted by atomic mass is 79.9. The van der Waals surface area contributed by atoms with Crippen LogP contribution in [-0.2, 0) is 6.54 Å². The van der Waals surface area contributed by atoms with E-state index in [4.69, 9.17) is 9.47 Å². The first-order valence-electron chi connectivity index (χ1n) is 6.43. The second-order valence-electron chi connectivity index (χ2n) is 4.47. The average Bonchev–Trinajstić information content (AvgIpc) is 2.46. The van der Waals surface area contributed by atoms with E-state index in [1.165, 1.54) is 0 Å². The van der Waals surface area contributed by atoms with Gasteiger partial charge in [-0.15, -0.1) is 0 Å². The van der Waals surface area contributed by atoms with Crippen LogP contribution in [-0.4, -0.2) is 32.3 Å². The van der Waals surface area contributed by atoms with Crippen molar-refractivity contribution in [2.75, 3.05) is 26.3 Å². The Kier molecular flexibility index (Phi) is 3.77. The summed E-state index contributed by atoms with van der Waals surface area (Å²) in [6.07, 6.45) is 1.10. The van der Waals surface area contributed by atoms with E-state index in [9.17, 15) is 0 Å². The lowest BCUT2D eigenvalue weighted by Gasteiger charge is -2.21. The molecule has 0 fully saturated rings. The fourth-order valence-electron chi connectivity index (χ4n) is 2.10. The zero-order chi connectivity index (χ0) is 13.1. The highest BCUT2D eigenvalue weighted by Crippen LogP contribution is 2.38. The molecule has 0 aliphatic carbocycles. The molecule has 0 radical (unpaired) electrons. The summed E-state index contributed by atoms with van der Waals surface area (Å²) in [4.78, 5) is 4.38. The zero-order valence-corrected chi connectivity index (χ0v) is 12.1. The van der Waals surface area contributed by atoms with Crippen molar-refractivity contribution in [3.63, 3.8) is 0 Å². The van der Waals surface area contributed by atoms with Gasteiger partial charge in [-0.05, 0) is 40.0 Å². The van der Waals surface area contributed by atoms with Crippen LogP contribution in [0.4, 0.5) is 0 Å². The van der Waals surface area contributed by atoms with Gasteiger partial charge in [0, 0.05) is 19.6 Å². The van der Waals surface area contributed by atoms with E-state index in [0.717, 1.165) is 47.0 Å². The lowest BCUT2D eigenvalue weighted by molar-refractivity contribution is 0.170. The van der Waals surface area contributed by atoms with Crippen LogP contribution in [0.15, 0.2) is 21.6 Å². The van der Waals surface area contributed by atoms with Crippen molar-refractivity contribution in [2.45, 2.75) is 13.0 Å². The van der Waals surface area contributed by atoms with Gasteiger partial charge in [0.15, 0.2) is 17.5 Å². The van der Waals surface area contributed by atoms with Gasteiger partial charge < -0.3 is 20.1 Å². The molecule has 0 atom stereocenters. The summed E-state index contributed by atoms with van der Waals surface area (Å²) in [5.41, 5.74) is 1.13. The number of halogens is 1. The minimum atomic E-state index is 0.601. The number of guanidine groups is 1. The van der Waals surface area contributed by atoms with Gasteiger partial charge in [-0.1, -0.05) is 0 Å². The van der Waals surface area contributed by atoms with Crippen LogP contribution in [0, 0.1) is 0 Å². The van der Waals surface area contributed by atoms with Crippen molar-refractivity contribution >= 4 is 21.9 Å². The highest BCUT2D eigenvalue weighted by Gasteiger charge is 2.16. The molecule has 0 spiro atoms. The van der Waals surface area contributed by atoms with Crippen molar-refractivity contribution in [1.82, 2.24) is 10.6 Å². The monoisotopic (exact) mass is 325 g/mol. The first-order chi connectivity index (χ1) is 9.33. The molecule has 0 amide bonds. The third-order valence-corrected chi connectivity index (χ3v) is 3.60. The molecule has 5 nitrogen and oxygen atoms in total. The summed E-state index contributed by atoms with van der Waals surface area (Å²) in [5.74, 6) is 2.47. The fraction of sp³-hybridized carbons (Fsp3) is 0.462. The second kappa shape index (κ2) is 5.69. The van der Waals surface area contributed by atoms with Crippen molar-refractivity contribution in [2.24, 2.45) is 4.99 Å². The summed E-state index contributed by atoms with van der Waals surface area (Å²) in [7, 11) is 0. The van der Waals surface area contributed by atoms with Crippen LogP contribution in [0.3, 0.4) is 0 Å². The number of nitrogens with zero attached hydrogens (tertiary/aromatic N) is 1. The molecule has 0 saturated heterocycles. The third kappa shape index (κ3) is 2.94. The van der Waals surface area contributed by atoms with Gasteiger partial charge in [-0.3, -0.25) is 4.99 Å². The summed E-state index contributed by atoms with van der Waals surface area (Å²) < 4.78 is 12.1. The van der Waals surface area contributed by atoms with E-state index in [-0.39, 0.29) is 0 Å². The number of nitrogens with one attached hydrogen (secondary N) is 2. The van der Waals surface area contributed by atoms with Gasteiger partial charge in [0.25, 0.3) is 0 Å². The predicted octanol–water partition coefficient (Wildman–Crippen LogP) is 1.66. The summed E-state index contributed by atoms with van der Waals surface area (Å²) in [6.45, 7) is 3.78. The number of aliphatic imine (C=N–C) groups is 1. The van der Waals surface area contributed by atoms with Crippen LogP contribution in [0.2, 0.25) is 0 Å². The van der Waals surface area contributed by atoms with Crippen molar-refractivity contribution < 1.29 is 9.47 Å². The highest BCUT2D eigenvalue weighted by molar-refractivity contribution is 9.10. The Labute approximate surface area is 120 Å². The van der Waals surface area contributed by atoms with Gasteiger partial charge in [0.2, 0.25) is 0 Å². The number of fused-ring (bicyclic) bond motifs is 1. The molecule has 19 heavy (non-hydrogen) atoms. The zero-order valence-electron chi connectivity index (χ0n) is 10.5. The maximum absolute atomic E-state index is 5.61. The Balaban J connectivity index is 1.71. The van der Waals surface area contributed by atoms with E-state index >= 15 is 0 Å². The minimum Gasteiger partial charge on any atom is -0.486 e. The smallest absolute Gasteiger partial charge is 0.191 e. The van der Waals surface area contributed by atoms with Crippen LogP contribution in [0.25, 0.3) is 0 Å². The van der Waals surface area contributed by atoms with Gasteiger partial charge >= 0.3 is 0 Å². The molecule has 0 aromatic heterocycles. The molecular weight excluding hydrogens is 310 g/mol. The fourth-order valence-corrected chi connectivity index (χ4v) is 2.71. The van der Waals surface area contributed by atoms with Crippen LogP contribution < -0.4 is 20.1 Å². The van der Waals surface area contributed by atoms with E-state index in [1.807, 2.05) is 12.1 Å². The SMILES string of the molecule is Brc1cc(CNC2=NCCCN2)cc2c1OCCO2. The summed E-state index contributed by atoms with van der Waals surface area (Å²) in [6, 6.07) is 4.06. The van der Waals surface area contributed by atoms with Crippen LogP contribution >= 0.6 is 15.9 Å². The molecule has 102 valence electrons. The number of hydrogen-bond donors (Lipinski definition) is 2. The van der Waals surface area contributed by atoms with E-state index in [2.05, 4.69) is 31.6 Å². The molecular formula is C13H16BrN3O2. The van der Waals surface area contributed by atoms with Crippen molar-refractivity contribution in [3.05, 3.63) is 22.2 Å². The third-order valence-electron chi connectivity index (χ3n) is 3.01. The van der Waals surface area contributed by atoms with E-state index in [1.54, 1.807) is 0 Å². The van der Waals surface area contributed by atoms with Crippen LogP contribution in [0.5, 0.6) is 11.5 Å². The lowest BCUT2D eigenvalue weighted by atomic mass is 10.2. The largest absolute Gasteiger partial charge is 0.486 e. The predicted molar refractivity (Wildman–Crippen MR) is 76.9 cm³/mol. The first-order valence-corrected chi connectivity index (χ1v) is 7.22. The molecule has 3 rings (SSSR count). The Bertz CT molecular complexity index is 505. The first kappa shape index (κ1) is 12.6. The minimum absolute atomic E-state index is 0.601. The Hall–Kier alpha value is -1.43. The standard InChI is InChI=1S/C13H16BrN3O2/c14-10-6-9(7-11-12(10)19-5-4-18-11)8-17-13-15-2-1-3-16-13/h6-7H,1-5,8H2,(H2,15,16,17). The Morgan fingerprint density at radius 1 is 1.32 bits per heavy atom. The maximum Gasteiger partial charge on any atom is 0.191 e. The molecule has 2 aliphatic heterocycles. The van der Waals surface area contributed by atoms with Gasteiger partial charge in [-0.25, -0.2) is 0 Å². The number of hydrogen-bond acceptors (Lipinski definition) is 5. The molecule has 0 bridgehead atoms. The summed E-state index contributed by atoms with van der Waals surface area (Å²) in [5, 5.41) is 6.53. The molecule has 0 saturated carbocycles. The molecule has 2 heterocycles. The van der Waals surface area contributed by atoms with Gasteiger partial charge in [-0.2, -0.15) is 0 Å². The normalized spacial score (nSPS) is 17.4. The molecule has 1 aromatic carbocycles. The van der Waals surface area contributed by atoms with E-state index < -0.39 is 0 Å². The molecule has 2 aliphatic rings. The number of benzene rings is 1. The van der Waals surface area contributed by atoms with Crippen molar-refractivity contribution in [3.8, 4) is 11.5 Å².